The van der Waals surface area contributed by atoms with E-state index in [4.69, 9.17) is 9.26 Å². The maximum atomic E-state index is 12.4. The average molecular weight is 337 g/mol. The minimum Gasteiger partial charge on any atom is -0.488 e. The number of benzene rings is 1. The SMILES string of the molecule is Cc1ccc(OCc2c(C(=O)Nc3ccccn3)noc2C)c(C)c1. The third-order valence-electron chi connectivity index (χ3n) is 3.81. The van der Waals surface area contributed by atoms with Crippen molar-refractivity contribution < 1.29 is 14.1 Å². The smallest absolute Gasteiger partial charge is 0.279 e. The molecule has 0 aliphatic rings. The van der Waals surface area contributed by atoms with Crippen molar-refractivity contribution in [3.63, 3.8) is 0 Å². The Morgan fingerprint density at radius 3 is 2.76 bits per heavy atom. The Bertz CT molecular complexity index is 888. The molecule has 25 heavy (non-hydrogen) atoms. The molecule has 6 heteroatoms. The van der Waals surface area contributed by atoms with E-state index in [0.29, 0.717) is 17.1 Å². The summed E-state index contributed by atoms with van der Waals surface area (Å²) in [6.07, 6.45) is 1.61. The Hall–Kier alpha value is -3.15. The van der Waals surface area contributed by atoms with E-state index in [1.54, 1.807) is 31.3 Å². The molecule has 0 unspecified atom stereocenters. The Balaban J connectivity index is 1.76. The molecule has 2 heterocycles. The van der Waals surface area contributed by atoms with Crippen LogP contribution >= 0.6 is 0 Å². The van der Waals surface area contributed by atoms with Crippen LogP contribution in [0, 0.1) is 20.8 Å². The summed E-state index contributed by atoms with van der Waals surface area (Å²) in [4.78, 5) is 16.5. The second-order valence-electron chi connectivity index (χ2n) is 5.79. The van der Waals surface area contributed by atoms with E-state index in [1.807, 2.05) is 32.0 Å². The number of carbonyl (C=O) groups is 1. The maximum Gasteiger partial charge on any atom is 0.279 e. The highest BCUT2D eigenvalue weighted by molar-refractivity contribution is 6.03. The average Bonchev–Trinajstić information content (AvgIpc) is 2.96. The van der Waals surface area contributed by atoms with Crippen LogP contribution in [0.1, 0.15) is 32.9 Å². The van der Waals surface area contributed by atoms with Crippen molar-refractivity contribution in [2.45, 2.75) is 27.4 Å². The summed E-state index contributed by atoms with van der Waals surface area (Å²) in [6, 6.07) is 11.2. The molecule has 3 rings (SSSR count). The number of amides is 1. The molecule has 0 aliphatic carbocycles. The van der Waals surface area contributed by atoms with Crippen LogP contribution in [0.15, 0.2) is 47.1 Å². The highest BCUT2D eigenvalue weighted by Crippen LogP contribution is 2.22. The summed E-state index contributed by atoms with van der Waals surface area (Å²) < 4.78 is 11.0. The Morgan fingerprint density at radius 1 is 1.20 bits per heavy atom. The van der Waals surface area contributed by atoms with Gasteiger partial charge in [0, 0.05) is 6.20 Å². The van der Waals surface area contributed by atoms with Gasteiger partial charge < -0.3 is 14.6 Å². The molecule has 1 aromatic carbocycles. The zero-order valence-corrected chi connectivity index (χ0v) is 14.4. The van der Waals surface area contributed by atoms with Crippen molar-refractivity contribution in [3.8, 4) is 5.75 Å². The number of hydrogen-bond acceptors (Lipinski definition) is 5. The Morgan fingerprint density at radius 2 is 2.04 bits per heavy atom. The van der Waals surface area contributed by atoms with Gasteiger partial charge in [-0.1, -0.05) is 28.9 Å². The summed E-state index contributed by atoms with van der Waals surface area (Å²) in [5, 5.41) is 6.57. The van der Waals surface area contributed by atoms with Gasteiger partial charge in [-0.3, -0.25) is 4.79 Å². The first-order valence-electron chi connectivity index (χ1n) is 7.92. The summed E-state index contributed by atoms with van der Waals surface area (Å²) in [5.74, 6) is 1.39. The van der Waals surface area contributed by atoms with Crippen LogP contribution in [0.3, 0.4) is 0 Å². The van der Waals surface area contributed by atoms with Crippen molar-refractivity contribution in [1.82, 2.24) is 10.1 Å². The minimum atomic E-state index is -0.380. The summed E-state index contributed by atoms with van der Waals surface area (Å²) in [7, 11) is 0. The first-order valence-corrected chi connectivity index (χ1v) is 7.92. The van der Waals surface area contributed by atoms with E-state index in [1.165, 1.54) is 5.56 Å². The number of nitrogens with one attached hydrogen (secondary N) is 1. The predicted octanol–water partition coefficient (Wildman–Crippen LogP) is 3.83. The maximum absolute atomic E-state index is 12.4. The zero-order valence-electron chi connectivity index (χ0n) is 14.4. The number of hydrogen-bond donors (Lipinski definition) is 1. The Kier molecular flexibility index (Phi) is 4.79. The van der Waals surface area contributed by atoms with Gasteiger partial charge in [0.15, 0.2) is 5.69 Å². The predicted molar refractivity (Wildman–Crippen MR) is 93.7 cm³/mol. The summed E-state index contributed by atoms with van der Waals surface area (Å²) >= 11 is 0. The first-order chi connectivity index (χ1) is 12.0. The molecule has 0 fully saturated rings. The lowest BCUT2D eigenvalue weighted by Crippen LogP contribution is -2.16. The molecule has 0 atom stereocenters. The third kappa shape index (κ3) is 3.85. The minimum absolute atomic E-state index is 0.199. The number of anilines is 1. The first kappa shape index (κ1) is 16.7. The van der Waals surface area contributed by atoms with E-state index in [-0.39, 0.29) is 18.2 Å². The zero-order chi connectivity index (χ0) is 17.8. The molecular weight excluding hydrogens is 318 g/mol. The highest BCUT2D eigenvalue weighted by atomic mass is 16.5. The van der Waals surface area contributed by atoms with Crippen LogP contribution in [-0.2, 0) is 6.61 Å². The number of nitrogens with zero attached hydrogens (tertiary/aromatic N) is 2. The number of carbonyl (C=O) groups excluding carboxylic acids is 1. The van der Waals surface area contributed by atoms with Crippen molar-refractivity contribution in [2.75, 3.05) is 5.32 Å². The van der Waals surface area contributed by atoms with Gasteiger partial charge in [-0.15, -0.1) is 0 Å². The fourth-order valence-electron chi connectivity index (χ4n) is 2.46. The van der Waals surface area contributed by atoms with Crippen molar-refractivity contribution in [2.24, 2.45) is 0 Å². The highest BCUT2D eigenvalue weighted by Gasteiger charge is 2.21. The molecule has 0 aliphatic heterocycles. The second-order valence-corrected chi connectivity index (χ2v) is 5.79. The molecule has 0 bridgehead atoms. The van der Waals surface area contributed by atoms with Crippen molar-refractivity contribution in [1.29, 1.82) is 0 Å². The normalized spacial score (nSPS) is 10.5. The second kappa shape index (κ2) is 7.17. The van der Waals surface area contributed by atoms with Crippen LogP contribution in [0.5, 0.6) is 5.75 Å². The standard InChI is InChI=1S/C19H19N3O3/c1-12-7-8-16(13(2)10-12)24-11-15-14(3)25-22-18(15)19(23)21-17-6-4-5-9-20-17/h4-10H,11H2,1-3H3,(H,20,21,23). The van der Waals surface area contributed by atoms with E-state index in [2.05, 4.69) is 15.5 Å². The number of ether oxygens (including phenoxy) is 1. The van der Waals surface area contributed by atoms with Gasteiger partial charge in [0.2, 0.25) is 0 Å². The number of rotatable bonds is 5. The van der Waals surface area contributed by atoms with Crippen LogP contribution < -0.4 is 10.1 Å². The van der Waals surface area contributed by atoms with Gasteiger partial charge >= 0.3 is 0 Å². The van der Waals surface area contributed by atoms with Crippen LogP contribution in [0.4, 0.5) is 5.82 Å². The van der Waals surface area contributed by atoms with Gasteiger partial charge in [-0.05, 0) is 44.5 Å². The van der Waals surface area contributed by atoms with Crippen LogP contribution in [0.25, 0.3) is 0 Å². The monoisotopic (exact) mass is 337 g/mol. The molecule has 128 valence electrons. The molecule has 0 radical (unpaired) electrons. The van der Waals surface area contributed by atoms with E-state index in [0.717, 1.165) is 11.3 Å². The van der Waals surface area contributed by atoms with Gasteiger partial charge in [0.25, 0.3) is 5.91 Å². The van der Waals surface area contributed by atoms with Crippen LogP contribution in [-0.4, -0.2) is 16.0 Å². The van der Waals surface area contributed by atoms with Crippen molar-refractivity contribution >= 4 is 11.7 Å². The van der Waals surface area contributed by atoms with Gasteiger partial charge in [0.1, 0.15) is 23.9 Å². The molecule has 6 nitrogen and oxygen atoms in total. The lowest BCUT2D eigenvalue weighted by Gasteiger charge is -2.10. The molecular formula is C19H19N3O3. The third-order valence-corrected chi connectivity index (χ3v) is 3.81. The van der Waals surface area contributed by atoms with Crippen LogP contribution in [0.2, 0.25) is 0 Å². The van der Waals surface area contributed by atoms with E-state index in [9.17, 15) is 4.79 Å². The largest absolute Gasteiger partial charge is 0.488 e. The fourth-order valence-corrected chi connectivity index (χ4v) is 2.46. The molecule has 3 aromatic rings. The van der Waals surface area contributed by atoms with Crippen molar-refractivity contribution in [3.05, 3.63) is 70.7 Å². The number of aryl methyl sites for hydroxylation is 3. The number of aromatic nitrogens is 2. The van der Waals surface area contributed by atoms with Gasteiger partial charge in [0.05, 0.1) is 5.56 Å². The fraction of sp³-hybridized carbons (Fsp3) is 0.211. The molecule has 0 saturated heterocycles. The summed E-state index contributed by atoms with van der Waals surface area (Å²) in [5.41, 5.74) is 3.02. The molecule has 0 saturated carbocycles. The Labute approximate surface area is 145 Å². The lowest BCUT2D eigenvalue weighted by atomic mass is 10.1. The number of pyridine rings is 1. The van der Waals surface area contributed by atoms with Gasteiger partial charge in [-0.2, -0.15) is 0 Å². The topological polar surface area (TPSA) is 77.2 Å². The summed E-state index contributed by atoms with van der Waals surface area (Å²) in [6.45, 7) is 5.97. The molecule has 0 spiro atoms. The molecule has 1 N–H and O–H groups in total. The van der Waals surface area contributed by atoms with E-state index >= 15 is 0 Å². The quantitative estimate of drug-likeness (QED) is 0.766. The van der Waals surface area contributed by atoms with Gasteiger partial charge in [-0.25, -0.2) is 4.98 Å². The lowest BCUT2D eigenvalue weighted by molar-refractivity contribution is 0.101. The molecule has 1 amide bonds. The van der Waals surface area contributed by atoms with E-state index < -0.39 is 0 Å². The molecule has 2 aromatic heterocycles.